The van der Waals surface area contributed by atoms with E-state index in [0.29, 0.717) is 11.8 Å². The number of rotatable bonds is 6. The third-order valence-electron chi connectivity index (χ3n) is 4.33. The van der Waals surface area contributed by atoms with Gasteiger partial charge >= 0.3 is 0 Å². The molecule has 1 aliphatic carbocycles. The van der Waals surface area contributed by atoms with Crippen LogP contribution >= 0.6 is 11.8 Å². The van der Waals surface area contributed by atoms with Gasteiger partial charge in [0.25, 0.3) is 0 Å². The molecule has 0 atom stereocenters. The molecule has 0 spiro atoms. The second-order valence-corrected chi connectivity index (χ2v) is 7.80. The highest BCUT2D eigenvalue weighted by Crippen LogP contribution is 2.40. The number of aryl methyl sites for hydroxylation is 2. The number of hydrogen-bond donors (Lipinski definition) is 1. The highest BCUT2D eigenvalue weighted by Gasteiger charge is 2.30. The number of anilines is 1. The molecule has 0 saturated heterocycles. The zero-order chi connectivity index (χ0) is 18.8. The lowest BCUT2D eigenvalue weighted by molar-refractivity contribution is -0.113. The molecule has 138 valence electrons. The molecule has 4 rings (SSSR count). The van der Waals surface area contributed by atoms with Crippen LogP contribution in [0.1, 0.15) is 30.0 Å². The number of aromatic nitrogens is 4. The molecule has 1 saturated carbocycles. The number of hydrogen-bond acceptors (Lipinski definition) is 5. The van der Waals surface area contributed by atoms with E-state index in [9.17, 15) is 4.79 Å². The first-order valence-electron chi connectivity index (χ1n) is 8.96. The van der Waals surface area contributed by atoms with Crippen LogP contribution in [0.15, 0.2) is 47.9 Å². The lowest BCUT2D eigenvalue weighted by atomic mass is 10.1. The highest BCUT2D eigenvalue weighted by atomic mass is 32.2. The Hall–Kier alpha value is -2.67. The maximum Gasteiger partial charge on any atom is 0.234 e. The molecule has 0 unspecified atom stereocenters. The van der Waals surface area contributed by atoms with Gasteiger partial charge < -0.3 is 5.32 Å². The molecule has 0 aliphatic heterocycles. The van der Waals surface area contributed by atoms with E-state index in [1.54, 1.807) is 12.4 Å². The van der Waals surface area contributed by atoms with Crippen molar-refractivity contribution in [2.24, 2.45) is 0 Å². The number of nitrogens with one attached hydrogen (secondary N) is 1. The van der Waals surface area contributed by atoms with Crippen molar-refractivity contribution in [2.75, 3.05) is 11.1 Å². The van der Waals surface area contributed by atoms with Crippen LogP contribution in [0.4, 0.5) is 5.69 Å². The summed E-state index contributed by atoms with van der Waals surface area (Å²) in [5, 5.41) is 12.4. The summed E-state index contributed by atoms with van der Waals surface area (Å²) in [7, 11) is 0. The predicted octanol–water partition coefficient (Wildman–Crippen LogP) is 4.02. The Kier molecular flexibility index (Phi) is 4.94. The fourth-order valence-electron chi connectivity index (χ4n) is 3.10. The Balaban J connectivity index is 1.47. The minimum Gasteiger partial charge on any atom is -0.325 e. The zero-order valence-electron chi connectivity index (χ0n) is 15.3. The maximum absolute atomic E-state index is 12.4. The molecule has 1 aromatic carbocycles. The predicted molar refractivity (Wildman–Crippen MR) is 107 cm³/mol. The number of thioether (sulfide) groups is 1. The van der Waals surface area contributed by atoms with Gasteiger partial charge in [0.2, 0.25) is 5.91 Å². The molecule has 1 amide bonds. The molecule has 2 heterocycles. The molecule has 1 N–H and O–H groups in total. The molecular weight excluding hydrogens is 358 g/mol. The summed E-state index contributed by atoms with van der Waals surface area (Å²) in [5.41, 5.74) is 4.04. The fourth-order valence-corrected chi connectivity index (χ4v) is 3.91. The zero-order valence-corrected chi connectivity index (χ0v) is 16.2. The number of carbonyl (C=O) groups excluding carboxylic acids is 1. The van der Waals surface area contributed by atoms with Crippen molar-refractivity contribution >= 4 is 23.4 Å². The molecule has 1 aliphatic rings. The monoisotopic (exact) mass is 379 g/mol. The Morgan fingerprint density at radius 1 is 1.22 bits per heavy atom. The van der Waals surface area contributed by atoms with Gasteiger partial charge in [-0.2, -0.15) is 0 Å². The summed E-state index contributed by atoms with van der Waals surface area (Å²) < 4.78 is 2.14. The van der Waals surface area contributed by atoms with Crippen LogP contribution < -0.4 is 5.32 Å². The number of carbonyl (C=O) groups is 1. The van der Waals surface area contributed by atoms with Gasteiger partial charge in [-0.15, -0.1) is 10.2 Å². The van der Waals surface area contributed by atoms with E-state index in [-0.39, 0.29) is 5.91 Å². The van der Waals surface area contributed by atoms with E-state index in [4.69, 9.17) is 0 Å². The second-order valence-electron chi connectivity index (χ2n) is 6.86. The first-order chi connectivity index (χ1) is 13.1. The van der Waals surface area contributed by atoms with Crippen LogP contribution in [-0.2, 0) is 4.79 Å². The van der Waals surface area contributed by atoms with Crippen molar-refractivity contribution in [2.45, 2.75) is 37.9 Å². The normalized spacial score (nSPS) is 13.6. The SMILES string of the molecule is Cc1cc(C)cc(NC(=O)CSc2nnc(-c3cccnc3)n2C2CC2)c1. The van der Waals surface area contributed by atoms with Crippen LogP contribution in [0.2, 0.25) is 0 Å². The van der Waals surface area contributed by atoms with Crippen LogP contribution in [0, 0.1) is 13.8 Å². The third-order valence-corrected chi connectivity index (χ3v) is 5.28. The standard InChI is InChI=1S/C20H21N5OS/c1-13-8-14(2)10-16(9-13)22-18(26)12-27-20-24-23-19(25(20)17-5-6-17)15-4-3-7-21-11-15/h3-4,7-11,17H,5-6,12H2,1-2H3,(H,22,26). The number of amides is 1. The first kappa shape index (κ1) is 17.7. The van der Waals surface area contributed by atoms with Crippen LogP contribution in [0.25, 0.3) is 11.4 Å². The van der Waals surface area contributed by atoms with Gasteiger partial charge in [-0.1, -0.05) is 17.8 Å². The van der Waals surface area contributed by atoms with E-state index in [1.165, 1.54) is 11.8 Å². The minimum atomic E-state index is -0.0433. The first-order valence-corrected chi connectivity index (χ1v) is 9.95. The average Bonchev–Trinajstić information content (AvgIpc) is 3.39. The van der Waals surface area contributed by atoms with Gasteiger partial charge in [0, 0.05) is 29.7 Å². The van der Waals surface area contributed by atoms with Crippen LogP contribution in [0.3, 0.4) is 0 Å². The Morgan fingerprint density at radius 2 is 2.00 bits per heavy atom. The topological polar surface area (TPSA) is 72.7 Å². The minimum absolute atomic E-state index is 0.0433. The molecular formula is C20H21N5OS. The molecule has 7 heteroatoms. The number of benzene rings is 1. The molecule has 3 aromatic rings. The summed E-state index contributed by atoms with van der Waals surface area (Å²) >= 11 is 1.42. The Bertz CT molecular complexity index is 946. The van der Waals surface area contributed by atoms with E-state index in [1.807, 2.05) is 38.1 Å². The van der Waals surface area contributed by atoms with Gasteiger partial charge in [-0.25, -0.2) is 0 Å². The van der Waals surface area contributed by atoms with Crippen molar-refractivity contribution in [1.82, 2.24) is 19.7 Å². The smallest absolute Gasteiger partial charge is 0.234 e. The summed E-state index contributed by atoms with van der Waals surface area (Å²) in [6.07, 6.45) is 5.78. The molecule has 2 aromatic heterocycles. The largest absolute Gasteiger partial charge is 0.325 e. The van der Waals surface area contributed by atoms with Gasteiger partial charge in [0.1, 0.15) is 0 Å². The summed E-state index contributed by atoms with van der Waals surface area (Å²) in [6.45, 7) is 4.05. The van der Waals surface area contributed by atoms with E-state index < -0.39 is 0 Å². The number of nitrogens with zero attached hydrogens (tertiary/aromatic N) is 4. The molecule has 1 fully saturated rings. The second kappa shape index (κ2) is 7.52. The quantitative estimate of drug-likeness (QED) is 0.655. The summed E-state index contributed by atoms with van der Waals surface area (Å²) in [5.74, 6) is 1.08. The molecule has 27 heavy (non-hydrogen) atoms. The highest BCUT2D eigenvalue weighted by molar-refractivity contribution is 7.99. The van der Waals surface area contributed by atoms with E-state index in [2.05, 4.69) is 31.1 Å². The van der Waals surface area contributed by atoms with Gasteiger partial charge in [0.05, 0.1) is 5.75 Å². The Morgan fingerprint density at radius 3 is 2.67 bits per heavy atom. The van der Waals surface area contributed by atoms with Crippen molar-refractivity contribution in [3.8, 4) is 11.4 Å². The lowest BCUT2D eigenvalue weighted by Gasteiger charge is -2.09. The van der Waals surface area contributed by atoms with Crippen molar-refractivity contribution in [3.63, 3.8) is 0 Å². The van der Waals surface area contributed by atoms with Crippen LogP contribution in [-0.4, -0.2) is 31.4 Å². The lowest BCUT2D eigenvalue weighted by Crippen LogP contribution is -2.15. The molecule has 6 nitrogen and oxygen atoms in total. The van der Waals surface area contributed by atoms with Crippen molar-refractivity contribution in [1.29, 1.82) is 0 Å². The molecule has 0 radical (unpaired) electrons. The molecule has 0 bridgehead atoms. The van der Waals surface area contributed by atoms with Gasteiger partial charge in [-0.3, -0.25) is 14.3 Å². The van der Waals surface area contributed by atoms with Gasteiger partial charge in [-0.05, 0) is 62.1 Å². The van der Waals surface area contributed by atoms with E-state index in [0.717, 1.165) is 46.2 Å². The van der Waals surface area contributed by atoms with Gasteiger partial charge in [0.15, 0.2) is 11.0 Å². The Labute approximate surface area is 162 Å². The van der Waals surface area contributed by atoms with Crippen molar-refractivity contribution < 1.29 is 4.79 Å². The van der Waals surface area contributed by atoms with E-state index >= 15 is 0 Å². The fraction of sp³-hybridized carbons (Fsp3) is 0.300. The van der Waals surface area contributed by atoms with Crippen molar-refractivity contribution in [3.05, 3.63) is 53.9 Å². The average molecular weight is 379 g/mol. The summed E-state index contributed by atoms with van der Waals surface area (Å²) in [4.78, 5) is 16.6. The third kappa shape index (κ3) is 4.19. The number of pyridine rings is 1. The van der Waals surface area contributed by atoms with Crippen LogP contribution in [0.5, 0.6) is 0 Å². The maximum atomic E-state index is 12.4. The summed E-state index contributed by atoms with van der Waals surface area (Å²) in [6, 6.07) is 10.3.